The SMILES string of the molecule is CC(=O)SC(C)(C)C.CC(C)(C)NC(=O)CCN1C(=O)C=CC1=O.CC(C)(C)SSc1ccccn1. The van der Waals surface area contributed by atoms with Crippen LogP contribution < -0.4 is 5.32 Å². The average molecular weight is 556 g/mol. The van der Waals surface area contributed by atoms with Crippen molar-refractivity contribution in [2.75, 3.05) is 6.54 Å². The van der Waals surface area contributed by atoms with Crippen LogP contribution in [-0.4, -0.2) is 54.3 Å². The highest BCUT2D eigenvalue weighted by Gasteiger charge is 2.24. The minimum Gasteiger partial charge on any atom is -0.351 e. The molecule has 0 bridgehead atoms. The molecular weight excluding hydrogens is 515 g/mol. The molecule has 0 saturated carbocycles. The van der Waals surface area contributed by atoms with Crippen molar-refractivity contribution in [2.24, 2.45) is 0 Å². The molecule has 7 nitrogen and oxygen atoms in total. The first-order chi connectivity index (χ1) is 16.3. The molecule has 0 radical (unpaired) electrons. The fourth-order valence-electron chi connectivity index (χ4n) is 2.34. The zero-order chi connectivity index (χ0) is 28.2. The Labute approximate surface area is 228 Å². The minimum atomic E-state index is -0.353. The predicted octanol–water partition coefficient (Wildman–Crippen LogP) is 5.90. The summed E-state index contributed by atoms with van der Waals surface area (Å²) in [6, 6.07) is 5.98. The summed E-state index contributed by atoms with van der Waals surface area (Å²) in [6.07, 6.45) is 4.38. The van der Waals surface area contributed by atoms with Gasteiger partial charge in [0.05, 0.1) is 0 Å². The van der Waals surface area contributed by atoms with E-state index in [-0.39, 0.29) is 46.1 Å². The first-order valence-corrected chi connectivity index (χ1v) is 14.6. The minimum absolute atomic E-state index is 0.0891. The number of rotatable bonds is 5. The van der Waals surface area contributed by atoms with Crippen LogP contribution in [0.5, 0.6) is 0 Å². The highest BCUT2D eigenvalue weighted by atomic mass is 33.1. The van der Waals surface area contributed by atoms with Crippen LogP contribution in [0.2, 0.25) is 0 Å². The lowest BCUT2D eigenvalue weighted by Gasteiger charge is -2.21. The molecule has 10 heteroatoms. The molecule has 0 spiro atoms. The maximum Gasteiger partial charge on any atom is 0.253 e. The number of aromatic nitrogens is 1. The Morgan fingerprint density at radius 3 is 1.83 bits per heavy atom. The van der Waals surface area contributed by atoms with E-state index in [0.29, 0.717) is 4.75 Å². The Morgan fingerprint density at radius 1 is 0.917 bits per heavy atom. The third-order valence-electron chi connectivity index (χ3n) is 3.44. The Bertz CT molecular complexity index is 882. The lowest BCUT2D eigenvalue weighted by atomic mass is 10.1. The lowest BCUT2D eigenvalue weighted by Crippen LogP contribution is -2.42. The zero-order valence-electron chi connectivity index (χ0n) is 23.1. The number of nitrogens with one attached hydrogen (secondary N) is 1. The third kappa shape index (κ3) is 19.4. The second kappa shape index (κ2) is 15.5. The molecule has 0 unspecified atom stereocenters. The second-order valence-electron chi connectivity index (χ2n) is 10.9. The Hall–Kier alpha value is -1.78. The molecule has 0 aromatic carbocycles. The van der Waals surface area contributed by atoms with E-state index < -0.39 is 0 Å². The van der Waals surface area contributed by atoms with E-state index in [0.717, 1.165) is 9.93 Å². The number of imide groups is 1. The van der Waals surface area contributed by atoms with Crippen molar-refractivity contribution in [3.63, 3.8) is 0 Å². The lowest BCUT2D eigenvalue weighted by molar-refractivity contribution is -0.137. The molecule has 1 aromatic rings. The van der Waals surface area contributed by atoms with E-state index in [1.165, 1.54) is 23.9 Å². The van der Waals surface area contributed by atoms with Crippen LogP contribution in [0.4, 0.5) is 0 Å². The van der Waals surface area contributed by atoms with E-state index in [1.54, 1.807) is 17.7 Å². The van der Waals surface area contributed by atoms with Gasteiger partial charge >= 0.3 is 0 Å². The van der Waals surface area contributed by atoms with Gasteiger partial charge in [-0.2, -0.15) is 0 Å². The highest BCUT2D eigenvalue weighted by Crippen LogP contribution is 2.39. The molecule has 2 rings (SSSR count). The molecule has 1 aliphatic heterocycles. The molecule has 202 valence electrons. The van der Waals surface area contributed by atoms with E-state index in [4.69, 9.17) is 0 Å². The van der Waals surface area contributed by atoms with Gasteiger partial charge < -0.3 is 5.32 Å². The number of carbonyl (C=O) groups excluding carboxylic acids is 4. The molecule has 36 heavy (non-hydrogen) atoms. The van der Waals surface area contributed by atoms with Crippen molar-refractivity contribution in [1.29, 1.82) is 0 Å². The monoisotopic (exact) mass is 555 g/mol. The summed E-state index contributed by atoms with van der Waals surface area (Å²) in [5.74, 6) is -0.873. The van der Waals surface area contributed by atoms with Gasteiger partial charge in [0.25, 0.3) is 11.8 Å². The summed E-state index contributed by atoms with van der Waals surface area (Å²) in [4.78, 5) is 49.5. The molecule has 3 amide bonds. The van der Waals surface area contributed by atoms with Gasteiger partial charge in [0, 0.05) is 53.3 Å². The maximum atomic E-state index is 11.4. The van der Waals surface area contributed by atoms with E-state index in [2.05, 4.69) is 31.1 Å². The molecule has 0 saturated heterocycles. The Balaban J connectivity index is 0.000000542. The van der Waals surface area contributed by atoms with E-state index in [9.17, 15) is 19.2 Å². The van der Waals surface area contributed by atoms with Gasteiger partial charge in [-0.05, 0) is 43.7 Å². The quantitative estimate of drug-likeness (QED) is 0.354. The number of thioether (sulfide) groups is 1. The smallest absolute Gasteiger partial charge is 0.253 e. The maximum absolute atomic E-state index is 11.4. The van der Waals surface area contributed by atoms with Gasteiger partial charge in [-0.25, -0.2) is 4.98 Å². The zero-order valence-corrected chi connectivity index (χ0v) is 25.6. The van der Waals surface area contributed by atoms with Crippen molar-refractivity contribution in [3.8, 4) is 0 Å². The van der Waals surface area contributed by atoms with Crippen molar-refractivity contribution in [1.82, 2.24) is 15.2 Å². The van der Waals surface area contributed by atoms with Crippen LogP contribution in [0.1, 0.15) is 75.7 Å². The molecule has 0 aliphatic carbocycles. The third-order valence-corrected chi connectivity index (χ3v) is 7.60. The van der Waals surface area contributed by atoms with Crippen molar-refractivity contribution in [3.05, 3.63) is 36.5 Å². The summed E-state index contributed by atoms with van der Waals surface area (Å²) in [6.45, 7) is 20.0. The summed E-state index contributed by atoms with van der Waals surface area (Å²) < 4.78 is 0.383. The second-order valence-corrected chi connectivity index (χ2v) is 15.8. The van der Waals surface area contributed by atoms with Crippen molar-refractivity contribution < 1.29 is 19.2 Å². The normalized spacial score (nSPS) is 13.4. The molecule has 0 fully saturated rings. The summed E-state index contributed by atoms with van der Waals surface area (Å²) >= 11 is 1.37. The van der Waals surface area contributed by atoms with Crippen LogP contribution in [0.25, 0.3) is 0 Å². The summed E-state index contributed by atoms with van der Waals surface area (Å²) in [5.41, 5.74) is -0.297. The standard InChI is InChI=1S/C11H16N2O3.C9H13NS2.C6H12OS/c1-11(2,3)12-8(14)6-7-13-9(15)4-5-10(13)16;1-9(2,3)12-11-8-6-4-5-7-10-8;1-5(7)8-6(2,3)4/h4-5H,6-7H2,1-3H3,(H,12,14);4-7H,1-3H3;1-4H3. The van der Waals surface area contributed by atoms with Gasteiger partial charge in [-0.15, -0.1) is 0 Å². The fraction of sp³-hybridized carbons (Fsp3) is 0.577. The number of nitrogens with zero attached hydrogens (tertiary/aromatic N) is 2. The molecular formula is C26H41N3O4S3. The van der Waals surface area contributed by atoms with Crippen molar-refractivity contribution >= 4 is 56.2 Å². The predicted molar refractivity (Wildman–Crippen MR) is 154 cm³/mol. The van der Waals surface area contributed by atoms with Crippen LogP contribution >= 0.6 is 33.3 Å². The number of hydrogen-bond acceptors (Lipinski definition) is 8. The summed E-state index contributed by atoms with van der Waals surface area (Å²) in [7, 11) is 3.57. The molecule has 1 aromatic heterocycles. The molecule has 0 atom stereocenters. The molecule has 1 aliphatic rings. The van der Waals surface area contributed by atoms with Gasteiger partial charge in [0.1, 0.15) is 5.03 Å². The number of hydrogen-bond donors (Lipinski definition) is 1. The van der Waals surface area contributed by atoms with Gasteiger partial charge in [-0.1, -0.05) is 70.2 Å². The topological polar surface area (TPSA) is 96.4 Å². The fourth-order valence-corrected chi connectivity index (χ4v) is 5.08. The van der Waals surface area contributed by atoms with Crippen LogP contribution in [0.15, 0.2) is 41.6 Å². The van der Waals surface area contributed by atoms with Crippen LogP contribution in [0, 0.1) is 0 Å². The Kier molecular flexibility index (Phi) is 14.7. The van der Waals surface area contributed by atoms with Crippen LogP contribution in [0.3, 0.4) is 0 Å². The first-order valence-electron chi connectivity index (χ1n) is 11.6. The highest BCUT2D eigenvalue weighted by molar-refractivity contribution is 8.77. The van der Waals surface area contributed by atoms with Gasteiger partial charge in [0.15, 0.2) is 5.12 Å². The van der Waals surface area contributed by atoms with E-state index >= 15 is 0 Å². The number of pyridine rings is 1. The average Bonchev–Trinajstić information content (AvgIpc) is 3.00. The number of carbonyl (C=O) groups is 4. The van der Waals surface area contributed by atoms with Crippen LogP contribution in [-0.2, 0) is 19.2 Å². The largest absolute Gasteiger partial charge is 0.351 e. The first kappa shape index (κ1) is 34.2. The molecule has 2 heterocycles. The molecule has 1 N–H and O–H groups in total. The Morgan fingerprint density at radius 2 is 1.47 bits per heavy atom. The number of amides is 3. The van der Waals surface area contributed by atoms with Gasteiger partial charge in [-0.3, -0.25) is 24.1 Å². The van der Waals surface area contributed by atoms with Crippen molar-refractivity contribution in [2.45, 2.75) is 95.7 Å². The van der Waals surface area contributed by atoms with Gasteiger partial charge in [0.2, 0.25) is 5.91 Å². The summed E-state index contributed by atoms with van der Waals surface area (Å²) in [5, 5.41) is 4.04. The van der Waals surface area contributed by atoms with E-state index in [1.807, 2.05) is 76.7 Å².